The lowest BCUT2D eigenvalue weighted by atomic mass is 10.0. The standard InChI is InChI=1S/C13H16BrNO3S/c1-9-4-11(14)7-12(5-9)15-13(16)6-10-2-3-19(17,18)8-10/h4-5,7,10H,2-3,6,8H2,1H3,(H,15,16). The number of aryl methyl sites for hydroxylation is 1. The van der Waals surface area contributed by atoms with Crippen LogP contribution in [0.5, 0.6) is 0 Å². The minimum Gasteiger partial charge on any atom is -0.326 e. The van der Waals surface area contributed by atoms with E-state index in [-0.39, 0.29) is 29.8 Å². The molecule has 6 heteroatoms. The van der Waals surface area contributed by atoms with Crippen molar-refractivity contribution in [3.8, 4) is 0 Å². The van der Waals surface area contributed by atoms with Gasteiger partial charge in [-0.1, -0.05) is 15.9 Å². The number of sulfone groups is 1. The van der Waals surface area contributed by atoms with E-state index in [1.54, 1.807) is 0 Å². The van der Waals surface area contributed by atoms with Crippen LogP contribution < -0.4 is 5.32 Å². The first-order valence-electron chi connectivity index (χ1n) is 6.11. The Morgan fingerprint density at radius 2 is 2.16 bits per heavy atom. The molecular weight excluding hydrogens is 330 g/mol. The second kappa shape index (κ2) is 5.63. The highest BCUT2D eigenvalue weighted by molar-refractivity contribution is 9.10. The molecule has 1 fully saturated rings. The lowest BCUT2D eigenvalue weighted by Gasteiger charge is -2.09. The van der Waals surface area contributed by atoms with Crippen molar-refractivity contribution >= 4 is 37.4 Å². The highest BCUT2D eigenvalue weighted by Crippen LogP contribution is 2.23. The third-order valence-corrected chi connectivity index (χ3v) is 5.42. The number of carbonyl (C=O) groups excluding carboxylic acids is 1. The van der Waals surface area contributed by atoms with E-state index in [2.05, 4.69) is 21.2 Å². The van der Waals surface area contributed by atoms with Gasteiger partial charge in [-0.25, -0.2) is 8.42 Å². The van der Waals surface area contributed by atoms with Crippen LogP contribution in [0.1, 0.15) is 18.4 Å². The lowest BCUT2D eigenvalue weighted by Crippen LogP contribution is -2.17. The molecule has 0 aromatic heterocycles. The number of hydrogen-bond acceptors (Lipinski definition) is 3. The summed E-state index contributed by atoms with van der Waals surface area (Å²) in [5.41, 5.74) is 1.78. The van der Waals surface area contributed by atoms with Gasteiger partial charge in [0, 0.05) is 16.6 Å². The van der Waals surface area contributed by atoms with Crippen molar-refractivity contribution in [3.05, 3.63) is 28.2 Å². The topological polar surface area (TPSA) is 63.2 Å². The largest absolute Gasteiger partial charge is 0.326 e. The molecule has 0 spiro atoms. The van der Waals surface area contributed by atoms with E-state index in [9.17, 15) is 13.2 Å². The maximum absolute atomic E-state index is 11.9. The molecule has 2 rings (SSSR count). The maximum atomic E-state index is 11.9. The number of halogens is 1. The summed E-state index contributed by atoms with van der Waals surface area (Å²) in [6, 6.07) is 5.67. The molecule has 0 bridgehead atoms. The SMILES string of the molecule is Cc1cc(Br)cc(NC(=O)CC2CCS(=O)(=O)C2)c1. The monoisotopic (exact) mass is 345 g/mol. The van der Waals surface area contributed by atoms with Crippen molar-refractivity contribution in [2.24, 2.45) is 5.92 Å². The highest BCUT2D eigenvalue weighted by atomic mass is 79.9. The quantitative estimate of drug-likeness (QED) is 0.915. The van der Waals surface area contributed by atoms with Crippen molar-refractivity contribution in [1.29, 1.82) is 0 Å². The van der Waals surface area contributed by atoms with Gasteiger partial charge in [-0.05, 0) is 43.0 Å². The normalized spacial score (nSPS) is 21.3. The lowest BCUT2D eigenvalue weighted by molar-refractivity contribution is -0.116. The zero-order valence-electron chi connectivity index (χ0n) is 10.6. The van der Waals surface area contributed by atoms with E-state index in [1.807, 2.05) is 25.1 Å². The van der Waals surface area contributed by atoms with Crippen LogP contribution in [0.4, 0.5) is 5.69 Å². The summed E-state index contributed by atoms with van der Waals surface area (Å²) in [5, 5.41) is 2.81. The van der Waals surface area contributed by atoms with Crippen molar-refractivity contribution in [3.63, 3.8) is 0 Å². The Bertz CT molecular complexity index is 578. The molecule has 0 radical (unpaired) electrons. The number of amides is 1. The van der Waals surface area contributed by atoms with Crippen LogP contribution in [0.15, 0.2) is 22.7 Å². The Morgan fingerprint density at radius 3 is 2.74 bits per heavy atom. The molecule has 19 heavy (non-hydrogen) atoms. The average Bonchev–Trinajstić information content (AvgIpc) is 2.55. The van der Waals surface area contributed by atoms with E-state index in [0.717, 1.165) is 15.7 Å². The van der Waals surface area contributed by atoms with Gasteiger partial charge in [0.1, 0.15) is 0 Å². The molecule has 0 aliphatic carbocycles. The van der Waals surface area contributed by atoms with Gasteiger partial charge in [0.15, 0.2) is 9.84 Å². The van der Waals surface area contributed by atoms with Crippen LogP contribution in [0.25, 0.3) is 0 Å². The minimum absolute atomic E-state index is 0.0433. The van der Waals surface area contributed by atoms with Gasteiger partial charge in [0.25, 0.3) is 0 Å². The molecule has 1 heterocycles. The fourth-order valence-electron chi connectivity index (χ4n) is 2.32. The first-order valence-corrected chi connectivity index (χ1v) is 8.73. The molecule has 0 saturated carbocycles. The molecule has 1 saturated heterocycles. The molecule has 1 aliphatic heterocycles. The van der Waals surface area contributed by atoms with Gasteiger partial charge in [-0.3, -0.25) is 4.79 Å². The summed E-state index contributed by atoms with van der Waals surface area (Å²) in [6.07, 6.45) is 0.859. The number of carbonyl (C=O) groups is 1. The maximum Gasteiger partial charge on any atom is 0.224 e. The molecule has 1 aliphatic rings. The second-order valence-corrected chi connectivity index (χ2v) is 8.18. The smallest absolute Gasteiger partial charge is 0.224 e. The Kier molecular flexibility index (Phi) is 4.30. The first-order chi connectivity index (χ1) is 8.84. The minimum atomic E-state index is -2.91. The predicted octanol–water partition coefficient (Wildman–Crippen LogP) is 2.52. The van der Waals surface area contributed by atoms with Gasteiger partial charge < -0.3 is 5.32 Å². The Labute approximate surface area is 121 Å². The zero-order chi connectivity index (χ0) is 14.0. The molecule has 1 unspecified atom stereocenters. The van der Waals surface area contributed by atoms with Gasteiger partial charge >= 0.3 is 0 Å². The van der Waals surface area contributed by atoms with Crippen molar-refractivity contribution in [2.75, 3.05) is 16.8 Å². The third-order valence-electron chi connectivity index (χ3n) is 3.13. The number of benzene rings is 1. The fourth-order valence-corrected chi connectivity index (χ4v) is 4.79. The van der Waals surface area contributed by atoms with Crippen LogP contribution in [0, 0.1) is 12.8 Å². The van der Waals surface area contributed by atoms with Crippen LogP contribution in [0.3, 0.4) is 0 Å². The number of hydrogen-bond donors (Lipinski definition) is 1. The van der Waals surface area contributed by atoms with Gasteiger partial charge in [-0.2, -0.15) is 0 Å². The molecule has 1 atom stereocenters. The summed E-state index contributed by atoms with van der Waals surface area (Å²) >= 11 is 3.38. The molecule has 1 aromatic rings. The van der Waals surface area contributed by atoms with E-state index in [1.165, 1.54) is 0 Å². The average molecular weight is 346 g/mol. The van der Waals surface area contributed by atoms with Crippen LogP contribution in [0.2, 0.25) is 0 Å². The van der Waals surface area contributed by atoms with Crippen LogP contribution in [-0.4, -0.2) is 25.8 Å². The third kappa shape index (κ3) is 4.31. The summed E-state index contributed by atoms with van der Waals surface area (Å²) in [5.74, 6) is 0.177. The summed E-state index contributed by atoms with van der Waals surface area (Å²) in [7, 11) is -2.91. The van der Waals surface area contributed by atoms with E-state index >= 15 is 0 Å². The fraction of sp³-hybridized carbons (Fsp3) is 0.462. The summed E-state index contributed by atoms with van der Waals surface area (Å²) in [6.45, 7) is 1.95. The molecule has 1 amide bonds. The molecule has 1 N–H and O–H groups in total. The molecule has 1 aromatic carbocycles. The predicted molar refractivity (Wildman–Crippen MR) is 78.9 cm³/mol. The Balaban J connectivity index is 1.95. The van der Waals surface area contributed by atoms with Crippen LogP contribution in [-0.2, 0) is 14.6 Å². The van der Waals surface area contributed by atoms with Crippen LogP contribution >= 0.6 is 15.9 Å². The Morgan fingerprint density at radius 1 is 1.42 bits per heavy atom. The van der Waals surface area contributed by atoms with E-state index < -0.39 is 9.84 Å². The zero-order valence-corrected chi connectivity index (χ0v) is 13.1. The molecule has 4 nitrogen and oxygen atoms in total. The van der Waals surface area contributed by atoms with Crippen molar-refractivity contribution < 1.29 is 13.2 Å². The Hall–Kier alpha value is -0.880. The molecule has 104 valence electrons. The van der Waals surface area contributed by atoms with Crippen molar-refractivity contribution in [2.45, 2.75) is 19.8 Å². The van der Waals surface area contributed by atoms with E-state index in [0.29, 0.717) is 6.42 Å². The van der Waals surface area contributed by atoms with Gasteiger partial charge in [0.05, 0.1) is 11.5 Å². The van der Waals surface area contributed by atoms with Gasteiger partial charge in [0.2, 0.25) is 5.91 Å². The number of anilines is 1. The second-order valence-electron chi connectivity index (χ2n) is 5.04. The van der Waals surface area contributed by atoms with E-state index in [4.69, 9.17) is 0 Å². The van der Waals surface area contributed by atoms with Gasteiger partial charge in [-0.15, -0.1) is 0 Å². The number of nitrogens with one attached hydrogen (secondary N) is 1. The number of rotatable bonds is 3. The summed E-state index contributed by atoms with van der Waals surface area (Å²) in [4.78, 5) is 11.9. The first kappa shape index (κ1) is 14.5. The highest BCUT2D eigenvalue weighted by Gasteiger charge is 2.29. The molecular formula is C13H16BrNO3S. The van der Waals surface area contributed by atoms with Crippen molar-refractivity contribution in [1.82, 2.24) is 0 Å². The summed E-state index contributed by atoms with van der Waals surface area (Å²) < 4.78 is 23.6.